The molecule has 24 nitrogen and oxygen atoms in total. The van der Waals surface area contributed by atoms with Crippen LogP contribution < -0.4 is 38.2 Å². The predicted octanol–water partition coefficient (Wildman–Crippen LogP) is 10.3. The molecule has 2 N–H and O–H groups in total. The Bertz CT molecular complexity index is 4440. The van der Waals surface area contributed by atoms with Crippen molar-refractivity contribution in [3.8, 4) is 23.0 Å². The molecule has 99 heavy (non-hydrogen) atoms. The molecule has 8 aromatic rings. The number of ether oxygens (including phenoxy) is 4. The molecule has 2 saturated heterocycles. The Morgan fingerprint density at radius 2 is 0.899 bits per heavy atom. The molecule has 0 spiro atoms. The minimum absolute atomic E-state index is 0.0113. The number of amides is 4. The highest BCUT2D eigenvalue weighted by Gasteiger charge is 2.45. The van der Waals surface area contributed by atoms with Gasteiger partial charge in [0.1, 0.15) is 15.5 Å². The fourth-order valence-corrected chi connectivity index (χ4v) is 16.4. The Labute approximate surface area is 577 Å². The first kappa shape index (κ1) is 70.9. The zero-order valence-corrected chi connectivity index (χ0v) is 58.7. The number of nitrogens with zero attached hydrogens (tertiary/aromatic N) is 8. The fraction of sp³-hybridized carbons (Fsp3) is 0.370. The van der Waals surface area contributed by atoms with Crippen LogP contribution in [0, 0.1) is 20.8 Å². The maximum Gasteiger partial charge on any atom is 0.264 e. The van der Waals surface area contributed by atoms with E-state index >= 15 is 0 Å². The van der Waals surface area contributed by atoms with E-state index in [0.717, 1.165) is 43.8 Å². The standard InChI is InChI=1S/C37H43N5O7S.C36H41N5O7S/c1-24-35(26(3)49-39-24)50(45,46)38-18-10-15-30(28-16-17-32(47-4)33(23-28)48-5)42-36(43)29-13-9-14-31(34(29)37(42)44)41-21-19-40(20-22-41)25(2)27-11-7-6-8-12-27;1-24(26-10-6-5-7-11-26)39-18-20-40(21-19-39)30-13-8-12-28-34(30)36(43)41(35(28)42)29(27-15-16-31(46-3)32(22-27)47-4)14-9-17-38-49(44,45)33-23-37-48-25(33)2/h6-9,11-14,16-17,23,25,30,38H,10,15,18-22H2,1-5H3;5-8,10-13,15-16,22-24,29,38H,9,14,17-21H2,1-4H3/t25-,30-;24-,29-/m11/s1. The third-order valence-corrected chi connectivity index (χ3v) is 22.4. The number of carbonyl (C=O) groups is 4. The van der Waals surface area contributed by atoms with E-state index < -0.39 is 38.0 Å². The smallest absolute Gasteiger partial charge is 0.264 e. The molecule has 6 aromatic carbocycles. The summed E-state index contributed by atoms with van der Waals surface area (Å²) in [5.74, 6) is 0.769. The van der Waals surface area contributed by atoms with Gasteiger partial charge < -0.3 is 37.8 Å². The lowest BCUT2D eigenvalue weighted by molar-refractivity contribution is 0.0557. The normalized spacial score (nSPS) is 16.5. The van der Waals surface area contributed by atoms with Gasteiger partial charge in [0.25, 0.3) is 23.6 Å². The van der Waals surface area contributed by atoms with Crippen molar-refractivity contribution in [2.45, 2.75) is 94.3 Å². The summed E-state index contributed by atoms with van der Waals surface area (Å²) in [6, 6.07) is 41.4. The molecule has 2 aromatic heterocycles. The number of aryl methyl sites for hydroxylation is 3. The number of carbonyl (C=O) groups excluding carboxylic acids is 4. The Kier molecular flexibility index (Phi) is 22.0. The summed E-state index contributed by atoms with van der Waals surface area (Å²) in [6.45, 7) is 15.3. The molecule has 0 aliphatic carbocycles. The van der Waals surface area contributed by atoms with Gasteiger partial charge in [0.15, 0.2) is 34.5 Å². The number of benzene rings is 6. The quantitative estimate of drug-likeness (QED) is 0.0377. The number of sulfonamides is 2. The fourth-order valence-electron chi connectivity index (χ4n) is 13.8. The topological polar surface area (TPSA) is 269 Å². The van der Waals surface area contributed by atoms with Crippen molar-refractivity contribution in [3.63, 3.8) is 0 Å². The number of methoxy groups -OCH3 is 4. The van der Waals surface area contributed by atoms with Crippen LogP contribution in [0.25, 0.3) is 0 Å². The van der Waals surface area contributed by atoms with Gasteiger partial charge in [-0.05, 0) is 131 Å². The Morgan fingerprint density at radius 1 is 0.475 bits per heavy atom. The molecule has 0 radical (unpaired) electrons. The first-order valence-corrected chi connectivity index (χ1v) is 36.0. The van der Waals surface area contributed by atoms with Crippen LogP contribution in [0.2, 0.25) is 0 Å². The molecule has 0 unspecified atom stereocenters. The Hall–Kier alpha value is -9.44. The number of aromatic nitrogens is 2. The number of piperazine rings is 2. The van der Waals surface area contributed by atoms with E-state index in [1.807, 2.05) is 36.4 Å². The van der Waals surface area contributed by atoms with E-state index in [4.69, 9.17) is 28.0 Å². The zero-order valence-electron chi connectivity index (χ0n) is 57.1. The summed E-state index contributed by atoms with van der Waals surface area (Å²) in [5, 5.41) is 7.32. The van der Waals surface area contributed by atoms with Crippen LogP contribution in [0.15, 0.2) is 158 Å². The number of hydrogen-bond acceptors (Lipinski definition) is 20. The second-order valence-electron chi connectivity index (χ2n) is 24.8. The third-order valence-electron chi connectivity index (χ3n) is 19.2. The van der Waals surface area contributed by atoms with Crippen LogP contribution in [0.1, 0.15) is 145 Å². The second kappa shape index (κ2) is 30.8. The second-order valence-corrected chi connectivity index (χ2v) is 28.3. The summed E-state index contributed by atoms with van der Waals surface area (Å²) in [6.07, 6.45) is 2.38. The third kappa shape index (κ3) is 14.8. The summed E-state index contributed by atoms with van der Waals surface area (Å²) in [7, 11) is -1.63. The van der Waals surface area contributed by atoms with E-state index in [0.29, 0.717) is 95.4 Å². The van der Waals surface area contributed by atoms with E-state index in [9.17, 15) is 36.0 Å². The number of imide groups is 2. The molecule has 4 aliphatic rings. The van der Waals surface area contributed by atoms with Gasteiger partial charge in [0, 0.05) is 77.5 Å². The van der Waals surface area contributed by atoms with Crippen molar-refractivity contribution in [2.24, 2.45) is 0 Å². The summed E-state index contributed by atoms with van der Waals surface area (Å²) < 4.78 is 89.0. The van der Waals surface area contributed by atoms with Crippen molar-refractivity contribution in [3.05, 3.63) is 201 Å². The molecule has 26 heteroatoms. The largest absolute Gasteiger partial charge is 0.493 e. The van der Waals surface area contributed by atoms with Crippen molar-refractivity contribution in [1.29, 1.82) is 0 Å². The van der Waals surface area contributed by atoms with Crippen molar-refractivity contribution in [1.82, 2.24) is 39.4 Å². The van der Waals surface area contributed by atoms with Gasteiger partial charge in [-0.3, -0.25) is 38.8 Å². The molecule has 4 aliphatic heterocycles. The van der Waals surface area contributed by atoms with E-state index in [1.165, 1.54) is 56.3 Å². The Balaban J connectivity index is 0.000000200. The lowest BCUT2D eigenvalue weighted by atomic mass is 9.99. The lowest BCUT2D eigenvalue weighted by Gasteiger charge is -2.39. The molecule has 2 fully saturated rings. The van der Waals surface area contributed by atoms with Gasteiger partial charge in [-0.1, -0.05) is 95.2 Å². The Morgan fingerprint density at radius 3 is 1.28 bits per heavy atom. The lowest BCUT2D eigenvalue weighted by Crippen LogP contribution is -2.47. The summed E-state index contributed by atoms with van der Waals surface area (Å²) in [5.41, 5.74) is 7.11. The van der Waals surface area contributed by atoms with Crippen LogP contribution in [-0.4, -0.2) is 164 Å². The zero-order chi connectivity index (χ0) is 70.3. The number of hydrogen-bond donors (Lipinski definition) is 2. The van der Waals surface area contributed by atoms with E-state index in [1.54, 1.807) is 62.4 Å². The average molecular weight is 1390 g/mol. The maximum absolute atomic E-state index is 14.4. The molecule has 0 bridgehead atoms. The first-order chi connectivity index (χ1) is 47.7. The van der Waals surface area contributed by atoms with E-state index in [-0.39, 0.29) is 82.7 Å². The highest BCUT2D eigenvalue weighted by atomic mass is 32.2. The molecular formula is C73H84N10O14S2. The van der Waals surface area contributed by atoms with Crippen LogP contribution >= 0.6 is 0 Å². The van der Waals surface area contributed by atoms with Crippen LogP contribution in [-0.2, 0) is 20.0 Å². The van der Waals surface area contributed by atoms with Gasteiger partial charge in [-0.25, -0.2) is 26.3 Å². The molecule has 6 heterocycles. The van der Waals surface area contributed by atoms with E-state index in [2.05, 4.69) is 102 Å². The SMILES string of the molecule is COc1ccc([C@@H](CCCNS(=O)(=O)c2c(C)noc2C)N2C(=O)c3cccc(N4CCN([C@H](C)c5ccccc5)CC4)c3C2=O)cc1OC.COc1ccc([C@@H](CCCNS(=O)(=O)c2cnoc2C)N2C(=O)c3cccc(N4CCN([C@H](C)c5ccccc5)CC4)c3C2=O)cc1OC. The van der Waals surface area contributed by atoms with Gasteiger partial charge in [-0.15, -0.1) is 0 Å². The molecule has 12 rings (SSSR count). The van der Waals surface area contributed by atoms with Gasteiger partial charge in [-0.2, -0.15) is 0 Å². The minimum atomic E-state index is -3.89. The van der Waals surface area contributed by atoms with Gasteiger partial charge in [0.2, 0.25) is 20.0 Å². The number of anilines is 2. The first-order valence-electron chi connectivity index (χ1n) is 33.1. The van der Waals surface area contributed by atoms with Crippen molar-refractivity contribution >= 4 is 55.1 Å². The number of nitrogens with one attached hydrogen (secondary N) is 2. The van der Waals surface area contributed by atoms with Crippen LogP contribution in [0.3, 0.4) is 0 Å². The van der Waals surface area contributed by atoms with Crippen LogP contribution in [0.4, 0.5) is 11.4 Å². The highest BCUT2D eigenvalue weighted by molar-refractivity contribution is 7.89. The molecule has 4 atom stereocenters. The summed E-state index contributed by atoms with van der Waals surface area (Å²) >= 11 is 0. The van der Waals surface area contributed by atoms with Crippen LogP contribution in [0.5, 0.6) is 23.0 Å². The predicted molar refractivity (Wildman–Crippen MR) is 372 cm³/mol. The maximum atomic E-state index is 14.4. The van der Waals surface area contributed by atoms with Gasteiger partial charge >= 0.3 is 0 Å². The highest BCUT2D eigenvalue weighted by Crippen LogP contribution is 2.44. The molecule has 0 saturated carbocycles. The molecule has 4 amide bonds. The number of fused-ring (bicyclic) bond motifs is 2. The van der Waals surface area contributed by atoms with Gasteiger partial charge in [0.05, 0.1) is 80.3 Å². The minimum Gasteiger partial charge on any atom is -0.493 e. The number of rotatable bonds is 26. The molecular weight excluding hydrogens is 1300 g/mol. The van der Waals surface area contributed by atoms with Crippen molar-refractivity contribution < 1.29 is 64.0 Å². The average Bonchev–Trinajstić information content (AvgIpc) is 1.61. The monoisotopic (exact) mass is 1390 g/mol. The molecule has 522 valence electrons. The summed E-state index contributed by atoms with van der Waals surface area (Å²) in [4.78, 5) is 68.9. The van der Waals surface area contributed by atoms with Crippen molar-refractivity contribution in [2.75, 3.05) is 104 Å².